The third kappa shape index (κ3) is 3.80. The van der Waals surface area contributed by atoms with Crippen LogP contribution in [0.1, 0.15) is 22.5 Å². The smallest absolute Gasteiger partial charge is 0.296 e. The summed E-state index contributed by atoms with van der Waals surface area (Å²) in [6.07, 6.45) is -4.47. The quantitative estimate of drug-likeness (QED) is 0.629. The van der Waals surface area contributed by atoms with Gasteiger partial charge in [-0.1, -0.05) is 41.0 Å². The van der Waals surface area contributed by atoms with E-state index in [0.29, 0.717) is 5.56 Å². The second-order valence-corrected chi connectivity index (χ2v) is 5.91. The van der Waals surface area contributed by atoms with Gasteiger partial charge in [0.1, 0.15) is 5.82 Å². The van der Waals surface area contributed by atoms with Gasteiger partial charge in [-0.2, -0.15) is 13.2 Å². The Morgan fingerprint density at radius 1 is 1.12 bits per heavy atom. The molecular weight excluding hydrogens is 376 g/mol. The molecule has 0 unspecified atom stereocenters. The molecule has 2 aromatic carbocycles. The van der Waals surface area contributed by atoms with Crippen LogP contribution < -0.4 is 5.76 Å². The average molecular weight is 387 g/mol. The van der Waals surface area contributed by atoms with E-state index in [0.717, 1.165) is 10.6 Å². The van der Waals surface area contributed by atoms with E-state index in [2.05, 4.69) is 9.68 Å². The van der Waals surface area contributed by atoms with Gasteiger partial charge >= 0.3 is 11.9 Å². The summed E-state index contributed by atoms with van der Waals surface area (Å²) in [5.74, 6) is -1.05. The third-order valence-corrected chi connectivity index (χ3v) is 4.20. The number of hydrogen-bond acceptors (Lipinski definition) is 3. The first-order chi connectivity index (χ1) is 12.3. The molecule has 0 fully saturated rings. The molecule has 1 aromatic heterocycles. The molecule has 9 heteroatoms. The normalized spacial score (nSPS) is 11.7. The predicted molar refractivity (Wildman–Crippen MR) is 85.5 cm³/mol. The first-order valence-corrected chi connectivity index (χ1v) is 7.78. The average Bonchev–Trinajstić information content (AvgIpc) is 2.91. The Balaban J connectivity index is 1.93. The number of aromatic nitrogens is 2. The van der Waals surface area contributed by atoms with Gasteiger partial charge in [-0.25, -0.2) is 9.18 Å². The van der Waals surface area contributed by atoms with Gasteiger partial charge in [0.2, 0.25) is 0 Å². The Morgan fingerprint density at radius 2 is 1.81 bits per heavy atom. The maximum atomic E-state index is 13.0. The minimum atomic E-state index is -4.61. The van der Waals surface area contributed by atoms with Crippen molar-refractivity contribution < 1.29 is 22.1 Å². The standard InChI is InChI=1S/C17H11ClF4N2O2/c18-15-11(2-1-3-13(15)17(20,21)22)9-24-14(23-26-16(24)25)8-10-4-6-12(19)7-5-10/h1-7H,8-9H2. The zero-order chi connectivity index (χ0) is 18.9. The first kappa shape index (κ1) is 18.2. The van der Waals surface area contributed by atoms with E-state index in [1.54, 1.807) is 0 Å². The molecule has 0 atom stereocenters. The second kappa shape index (κ2) is 6.95. The molecule has 3 rings (SSSR count). The fourth-order valence-corrected chi connectivity index (χ4v) is 2.75. The third-order valence-electron chi connectivity index (χ3n) is 3.75. The monoisotopic (exact) mass is 386 g/mol. The molecule has 0 saturated carbocycles. The minimum Gasteiger partial charge on any atom is -0.296 e. The number of rotatable bonds is 4. The van der Waals surface area contributed by atoms with Gasteiger partial charge in [0, 0.05) is 6.42 Å². The molecule has 0 spiro atoms. The zero-order valence-corrected chi connectivity index (χ0v) is 13.8. The van der Waals surface area contributed by atoms with E-state index in [-0.39, 0.29) is 24.4 Å². The highest BCUT2D eigenvalue weighted by Gasteiger charge is 2.34. The molecule has 0 N–H and O–H groups in total. The molecule has 0 amide bonds. The van der Waals surface area contributed by atoms with Gasteiger partial charge in [-0.05, 0) is 29.3 Å². The van der Waals surface area contributed by atoms with E-state index < -0.39 is 28.3 Å². The lowest BCUT2D eigenvalue weighted by atomic mass is 10.1. The predicted octanol–water partition coefficient (Wildman–Crippen LogP) is 4.29. The number of halogens is 5. The highest BCUT2D eigenvalue weighted by atomic mass is 35.5. The van der Waals surface area contributed by atoms with Crippen molar-refractivity contribution in [1.82, 2.24) is 9.72 Å². The Hall–Kier alpha value is -2.61. The first-order valence-electron chi connectivity index (χ1n) is 7.40. The SMILES string of the molecule is O=c1onc(Cc2ccc(F)cc2)n1Cc1cccc(C(F)(F)F)c1Cl. The van der Waals surface area contributed by atoms with Crippen molar-refractivity contribution in [3.8, 4) is 0 Å². The highest BCUT2D eigenvalue weighted by molar-refractivity contribution is 6.32. The molecule has 0 saturated heterocycles. The molecular formula is C17H11ClF4N2O2. The molecule has 4 nitrogen and oxygen atoms in total. The molecule has 26 heavy (non-hydrogen) atoms. The van der Waals surface area contributed by atoms with Crippen molar-refractivity contribution in [2.75, 3.05) is 0 Å². The number of benzene rings is 2. The van der Waals surface area contributed by atoms with Crippen LogP contribution in [0.3, 0.4) is 0 Å². The molecule has 1 heterocycles. The minimum absolute atomic E-state index is 0.104. The zero-order valence-electron chi connectivity index (χ0n) is 13.1. The number of alkyl halides is 3. The van der Waals surface area contributed by atoms with E-state index in [9.17, 15) is 22.4 Å². The van der Waals surface area contributed by atoms with Crippen molar-refractivity contribution in [2.24, 2.45) is 0 Å². The van der Waals surface area contributed by atoms with Crippen LogP contribution in [0, 0.1) is 5.82 Å². The van der Waals surface area contributed by atoms with Gasteiger partial charge in [0.25, 0.3) is 0 Å². The lowest BCUT2D eigenvalue weighted by Crippen LogP contribution is -2.19. The van der Waals surface area contributed by atoms with E-state index in [1.165, 1.54) is 36.4 Å². The second-order valence-electron chi connectivity index (χ2n) is 5.53. The van der Waals surface area contributed by atoms with Crippen LogP contribution in [-0.2, 0) is 19.1 Å². The summed E-state index contributed by atoms with van der Waals surface area (Å²) in [5, 5.41) is 3.16. The van der Waals surface area contributed by atoms with Gasteiger partial charge in [-0.3, -0.25) is 9.09 Å². The maximum absolute atomic E-state index is 13.0. The Bertz CT molecular complexity index is 978. The summed E-state index contributed by atoms with van der Waals surface area (Å²) in [4.78, 5) is 11.9. The fraction of sp³-hybridized carbons (Fsp3) is 0.176. The summed E-state index contributed by atoms with van der Waals surface area (Å²) in [6.45, 7) is -0.235. The van der Waals surface area contributed by atoms with Gasteiger partial charge < -0.3 is 0 Å². The van der Waals surface area contributed by atoms with Crippen LogP contribution >= 0.6 is 11.6 Å². The summed E-state index contributed by atoms with van der Waals surface area (Å²) in [7, 11) is 0. The van der Waals surface area contributed by atoms with Crippen LogP contribution in [0.4, 0.5) is 17.6 Å². The highest BCUT2D eigenvalue weighted by Crippen LogP contribution is 2.36. The van der Waals surface area contributed by atoms with Crippen LogP contribution in [-0.4, -0.2) is 9.72 Å². The molecule has 0 radical (unpaired) electrons. The number of nitrogens with zero attached hydrogens (tertiary/aromatic N) is 2. The molecule has 0 aliphatic rings. The Labute approximate surface area is 149 Å². The van der Waals surface area contributed by atoms with Crippen LogP contribution in [0.2, 0.25) is 5.02 Å². The van der Waals surface area contributed by atoms with Crippen molar-refractivity contribution in [3.05, 3.63) is 86.4 Å². The Kier molecular flexibility index (Phi) is 4.86. The molecule has 0 aliphatic carbocycles. The van der Waals surface area contributed by atoms with Crippen molar-refractivity contribution in [2.45, 2.75) is 19.1 Å². The molecule has 0 aliphatic heterocycles. The summed E-state index contributed by atoms with van der Waals surface area (Å²) >= 11 is 5.86. The molecule has 0 bridgehead atoms. The van der Waals surface area contributed by atoms with Gasteiger partial charge in [0.15, 0.2) is 5.82 Å². The van der Waals surface area contributed by atoms with E-state index in [1.807, 2.05) is 0 Å². The van der Waals surface area contributed by atoms with E-state index >= 15 is 0 Å². The number of hydrogen-bond donors (Lipinski definition) is 0. The van der Waals surface area contributed by atoms with Gasteiger partial charge in [-0.15, -0.1) is 0 Å². The molecule has 3 aromatic rings. The Morgan fingerprint density at radius 3 is 2.46 bits per heavy atom. The lowest BCUT2D eigenvalue weighted by molar-refractivity contribution is -0.137. The van der Waals surface area contributed by atoms with E-state index in [4.69, 9.17) is 11.6 Å². The lowest BCUT2D eigenvalue weighted by Gasteiger charge is -2.13. The summed E-state index contributed by atoms with van der Waals surface area (Å²) < 4.78 is 57.6. The van der Waals surface area contributed by atoms with Crippen molar-refractivity contribution in [3.63, 3.8) is 0 Å². The fourth-order valence-electron chi connectivity index (χ4n) is 2.46. The largest absolute Gasteiger partial charge is 0.441 e. The summed E-state index contributed by atoms with van der Waals surface area (Å²) in [6, 6.07) is 8.98. The van der Waals surface area contributed by atoms with Gasteiger partial charge in [0.05, 0.1) is 17.1 Å². The molecule has 136 valence electrons. The van der Waals surface area contributed by atoms with Crippen molar-refractivity contribution >= 4 is 11.6 Å². The topological polar surface area (TPSA) is 48.0 Å². The van der Waals surface area contributed by atoms with Crippen molar-refractivity contribution in [1.29, 1.82) is 0 Å². The van der Waals surface area contributed by atoms with Crippen LogP contribution in [0.5, 0.6) is 0 Å². The van der Waals surface area contributed by atoms with Crippen LogP contribution in [0.25, 0.3) is 0 Å². The van der Waals surface area contributed by atoms with Crippen LogP contribution in [0.15, 0.2) is 51.8 Å². The summed E-state index contributed by atoms with van der Waals surface area (Å²) in [5.41, 5.74) is -0.225. The maximum Gasteiger partial charge on any atom is 0.441 e.